The van der Waals surface area contributed by atoms with Gasteiger partial charge in [0.2, 0.25) is 5.91 Å². The number of aryl methyl sites for hydroxylation is 1. The van der Waals surface area contributed by atoms with Crippen LogP contribution in [0.3, 0.4) is 0 Å². The van der Waals surface area contributed by atoms with Gasteiger partial charge in [0, 0.05) is 5.69 Å². The molecule has 0 bridgehead atoms. The first-order chi connectivity index (χ1) is 15.5. The fourth-order valence-corrected chi connectivity index (χ4v) is 5.15. The highest BCUT2D eigenvalue weighted by molar-refractivity contribution is 7.92. The van der Waals surface area contributed by atoms with Crippen molar-refractivity contribution in [3.63, 3.8) is 0 Å². The van der Waals surface area contributed by atoms with E-state index in [0.29, 0.717) is 17.8 Å². The number of hydrogen-bond acceptors (Lipinski definition) is 3. The summed E-state index contributed by atoms with van der Waals surface area (Å²) in [4.78, 5) is 13.1. The number of benzene rings is 4. The van der Waals surface area contributed by atoms with Gasteiger partial charge in [-0.25, -0.2) is 8.42 Å². The number of nitrogens with one attached hydrogen (secondary N) is 1. The van der Waals surface area contributed by atoms with Crippen LogP contribution in [0.4, 0.5) is 11.4 Å². The summed E-state index contributed by atoms with van der Waals surface area (Å²) in [5.74, 6) is -0.411. The Labute approximate surface area is 188 Å². The summed E-state index contributed by atoms with van der Waals surface area (Å²) in [5, 5.41) is 4.91. The molecular weight excluding hydrogens is 420 g/mol. The molecule has 5 nitrogen and oxygen atoms in total. The maximum absolute atomic E-state index is 13.5. The Kier molecular flexibility index (Phi) is 6.23. The van der Waals surface area contributed by atoms with Crippen LogP contribution < -0.4 is 9.62 Å². The van der Waals surface area contributed by atoms with E-state index in [9.17, 15) is 13.2 Å². The third kappa shape index (κ3) is 4.50. The molecule has 1 amide bonds. The fourth-order valence-electron chi connectivity index (χ4n) is 3.67. The van der Waals surface area contributed by atoms with Gasteiger partial charge >= 0.3 is 0 Å². The largest absolute Gasteiger partial charge is 0.324 e. The highest BCUT2D eigenvalue weighted by atomic mass is 32.2. The molecule has 0 aromatic heterocycles. The lowest BCUT2D eigenvalue weighted by Crippen LogP contribution is -2.38. The van der Waals surface area contributed by atoms with E-state index in [1.54, 1.807) is 30.3 Å². The third-order valence-electron chi connectivity index (χ3n) is 5.29. The van der Waals surface area contributed by atoms with Crippen LogP contribution in [0.15, 0.2) is 102 Å². The van der Waals surface area contributed by atoms with E-state index in [1.165, 1.54) is 16.4 Å². The zero-order chi connectivity index (χ0) is 22.6. The normalized spacial score (nSPS) is 11.3. The summed E-state index contributed by atoms with van der Waals surface area (Å²) >= 11 is 0. The molecule has 4 aromatic carbocycles. The van der Waals surface area contributed by atoms with Gasteiger partial charge in [-0.3, -0.25) is 9.10 Å². The number of sulfonamides is 1. The first kappa shape index (κ1) is 21.6. The summed E-state index contributed by atoms with van der Waals surface area (Å²) in [7, 11) is -3.94. The molecule has 0 saturated carbocycles. The zero-order valence-corrected chi connectivity index (χ0v) is 18.5. The van der Waals surface area contributed by atoms with Gasteiger partial charge in [0.25, 0.3) is 10.0 Å². The molecule has 0 fully saturated rings. The van der Waals surface area contributed by atoms with Crippen LogP contribution >= 0.6 is 0 Å². The van der Waals surface area contributed by atoms with Crippen molar-refractivity contribution in [2.45, 2.75) is 18.2 Å². The Balaban J connectivity index is 1.67. The first-order valence-electron chi connectivity index (χ1n) is 10.4. The molecule has 32 heavy (non-hydrogen) atoms. The predicted octanol–water partition coefficient (Wildman–Crippen LogP) is 5.24. The molecule has 0 aliphatic heterocycles. The van der Waals surface area contributed by atoms with Crippen LogP contribution in [-0.4, -0.2) is 20.9 Å². The molecular formula is C26H24N2O3S. The van der Waals surface area contributed by atoms with Crippen LogP contribution in [0, 0.1) is 0 Å². The minimum absolute atomic E-state index is 0.143. The standard InChI is InChI=1S/C26H24N2O3S/c1-2-20-10-8-9-15-25(20)28(32(30,31)24-13-4-3-5-14-24)19-26(29)27-23-17-16-21-11-6-7-12-22(21)18-23/h3-18H,2,19H2,1H3,(H,27,29). The van der Waals surface area contributed by atoms with Crippen molar-refractivity contribution in [2.75, 3.05) is 16.2 Å². The number of anilines is 2. The van der Waals surface area contributed by atoms with Crippen molar-refractivity contribution in [1.29, 1.82) is 0 Å². The zero-order valence-electron chi connectivity index (χ0n) is 17.7. The van der Waals surface area contributed by atoms with Crippen molar-refractivity contribution in [1.82, 2.24) is 0 Å². The molecule has 0 spiro atoms. The Morgan fingerprint density at radius 2 is 1.47 bits per heavy atom. The van der Waals surface area contributed by atoms with Crippen molar-refractivity contribution in [3.8, 4) is 0 Å². The highest BCUT2D eigenvalue weighted by Gasteiger charge is 2.28. The van der Waals surface area contributed by atoms with Gasteiger partial charge in [-0.05, 0) is 53.1 Å². The summed E-state index contributed by atoms with van der Waals surface area (Å²) in [5.41, 5.74) is 1.98. The molecule has 4 rings (SSSR count). The second kappa shape index (κ2) is 9.24. The lowest BCUT2D eigenvalue weighted by molar-refractivity contribution is -0.114. The quantitative estimate of drug-likeness (QED) is 0.424. The lowest BCUT2D eigenvalue weighted by Gasteiger charge is -2.26. The summed E-state index contributed by atoms with van der Waals surface area (Å²) in [6.45, 7) is 1.63. The Hall–Kier alpha value is -3.64. The first-order valence-corrected chi connectivity index (χ1v) is 11.9. The van der Waals surface area contributed by atoms with Crippen molar-refractivity contribution >= 4 is 38.1 Å². The van der Waals surface area contributed by atoms with Crippen molar-refractivity contribution < 1.29 is 13.2 Å². The van der Waals surface area contributed by atoms with E-state index in [2.05, 4.69) is 5.32 Å². The fraction of sp³-hybridized carbons (Fsp3) is 0.115. The number of nitrogens with zero attached hydrogens (tertiary/aromatic N) is 1. The highest BCUT2D eigenvalue weighted by Crippen LogP contribution is 2.28. The second-order valence-corrected chi connectivity index (χ2v) is 9.28. The van der Waals surface area contributed by atoms with Crippen LogP contribution in [0.2, 0.25) is 0 Å². The number of para-hydroxylation sites is 1. The van der Waals surface area contributed by atoms with Gasteiger partial charge in [0.15, 0.2) is 0 Å². The van der Waals surface area contributed by atoms with Gasteiger partial charge < -0.3 is 5.32 Å². The molecule has 0 aliphatic carbocycles. The van der Waals surface area contributed by atoms with Crippen molar-refractivity contribution in [3.05, 3.63) is 103 Å². The smallest absolute Gasteiger partial charge is 0.264 e. The Morgan fingerprint density at radius 1 is 0.812 bits per heavy atom. The summed E-state index contributed by atoms with van der Waals surface area (Å²) in [6.07, 6.45) is 0.642. The number of carbonyl (C=O) groups excluding carboxylic acids is 1. The van der Waals surface area contributed by atoms with Gasteiger partial charge in [-0.2, -0.15) is 0 Å². The van der Waals surface area contributed by atoms with E-state index in [4.69, 9.17) is 0 Å². The van der Waals surface area contributed by atoms with Crippen LogP contribution in [0.1, 0.15) is 12.5 Å². The van der Waals surface area contributed by atoms with Gasteiger partial charge in [-0.15, -0.1) is 0 Å². The molecule has 0 atom stereocenters. The monoisotopic (exact) mass is 444 g/mol. The lowest BCUT2D eigenvalue weighted by atomic mass is 10.1. The van der Waals surface area contributed by atoms with Gasteiger partial charge in [0.1, 0.15) is 6.54 Å². The molecule has 0 heterocycles. The Bertz CT molecular complexity index is 1350. The number of fused-ring (bicyclic) bond motifs is 1. The average Bonchev–Trinajstić information content (AvgIpc) is 2.83. The van der Waals surface area contributed by atoms with E-state index >= 15 is 0 Å². The maximum Gasteiger partial charge on any atom is 0.264 e. The van der Waals surface area contributed by atoms with E-state index in [0.717, 1.165) is 16.3 Å². The minimum atomic E-state index is -3.94. The predicted molar refractivity (Wildman–Crippen MR) is 129 cm³/mol. The molecule has 0 saturated heterocycles. The molecule has 0 unspecified atom stereocenters. The molecule has 162 valence electrons. The van der Waals surface area contributed by atoms with Crippen LogP contribution in [-0.2, 0) is 21.2 Å². The SMILES string of the molecule is CCc1ccccc1N(CC(=O)Nc1ccc2ccccc2c1)S(=O)(=O)c1ccccc1. The van der Waals surface area contributed by atoms with Crippen LogP contribution in [0.25, 0.3) is 10.8 Å². The maximum atomic E-state index is 13.5. The number of carbonyl (C=O) groups is 1. The van der Waals surface area contributed by atoms with E-state index in [1.807, 2.05) is 61.5 Å². The molecule has 6 heteroatoms. The molecule has 1 N–H and O–H groups in total. The molecule has 0 aliphatic rings. The minimum Gasteiger partial charge on any atom is -0.324 e. The summed E-state index contributed by atoms with van der Waals surface area (Å²) < 4.78 is 28.2. The van der Waals surface area contributed by atoms with Crippen molar-refractivity contribution in [2.24, 2.45) is 0 Å². The van der Waals surface area contributed by atoms with Gasteiger partial charge in [-0.1, -0.05) is 73.7 Å². The van der Waals surface area contributed by atoms with Gasteiger partial charge in [0.05, 0.1) is 10.6 Å². The Morgan fingerprint density at radius 3 is 2.22 bits per heavy atom. The molecule has 0 radical (unpaired) electrons. The van der Waals surface area contributed by atoms with Crippen LogP contribution in [0.5, 0.6) is 0 Å². The number of amides is 1. The third-order valence-corrected chi connectivity index (χ3v) is 7.07. The topological polar surface area (TPSA) is 66.5 Å². The average molecular weight is 445 g/mol. The van der Waals surface area contributed by atoms with E-state index < -0.39 is 15.9 Å². The summed E-state index contributed by atoms with van der Waals surface area (Å²) in [6, 6.07) is 28.9. The van der Waals surface area contributed by atoms with E-state index in [-0.39, 0.29) is 11.4 Å². The number of hydrogen-bond donors (Lipinski definition) is 1. The second-order valence-electron chi connectivity index (χ2n) is 7.42. The molecule has 4 aromatic rings. The number of rotatable bonds is 7.